The van der Waals surface area contributed by atoms with E-state index in [1.807, 2.05) is 61.5 Å². The van der Waals surface area contributed by atoms with Crippen molar-refractivity contribution >= 4 is 43.5 Å². The van der Waals surface area contributed by atoms with E-state index in [9.17, 15) is 18.0 Å². The predicted octanol–water partition coefficient (Wildman–Crippen LogP) is 5.61. The second-order valence-electron chi connectivity index (χ2n) is 10.8. The van der Waals surface area contributed by atoms with Crippen LogP contribution in [0.25, 0.3) is 0 Å². The molecule has 1 fully saturated rings. The Labute approximate surface area is 252 Å². The van der Waals surface area contributed by atoms with Crippen molar-refractivity contribution in [3.05, 3.63) is 100 Å². The van der Waals surface area contributed by atoms with Crippen molar-refractivity contribution in [1.82, 2.24) is 10.2 Å². The largest absolute Gasteiger partial charge is 0.352 e. The van der Waals surface area contributed by atoms with E-state index in [1.54, 1.807) is 29.2 Å². The number of carbonyl (C=O) groups excluding carboxylic acids is 2. The quantitative estimate of drug-likeness (QED) is 0.295. The minimum Gasteiger partial charge on any atom is -0.352 e. The molecule has 3 aromatic carbocycles. The van der Waals surface area contributed by atoms with E-state index in [-0.39, 0.29) is 18.5 Å². The Bertz CT molecular complexity index is 1440. The van der Waals surface area contributed by atoms with Crippen LogP contribution >= 0.6 is 15.9 Å². The lowest BCUT2D eigenvalue weighted by Gasteiger charge is -2.35. The maximum atomic E-state index is 14.2. The van der Waals surface area contributed by atoms with Gasteiger partial charge in [0, 0.05) is 23.5 Å². The zero-order valence-corrected chi connectivity index (χ0v) is 26.0. The number of anilines is 1. The van der Waals surface area contributed by atoms with Gasteiger partial charge >= 0.3 is 0 Å². The Kier molecular flexibility index (Phi) is 10.6. The normalized spacial score (nSPS) is 14.7. The van der Waals surface area contributed by atoms with Crippen LogP contribution in [0.1, 0.15) is 48.8 Å². The molecule has 0 aliphatic heterocycles. The molecule has 1 saturated carbocycles. The number of sulfonamides is 1. The molecule has 2 amide bonds. The number of hydrogen-bond acceptors (Lipinski definition) is 4. The van der Waals surface area contributed by atoms with Gasteiger partial charge in [0.2, 0.25) is 21.8 Å². The molecule has 1 aliphatic rings. The zero-order chi connectivity index (χ0) is 29.4. The van der Waals surface area contributed by atoms with E-state index in [0.717, 1.165) is 59.4 Å². The molecule has 41 heavy (non-hydrogen) atoms. The Hall–Kier alpha value is -3.17. The second kappa shape index (κ2) is 14.1. The lowest BCUT2D eigenvalue weighted by molar-refractivity contribution is -0.140. The number of aryl methyl sites for hydroxylation is 1. The van der Waals surface area contributed by atoms with Gasteiger partial charge in [-0.15, -0.1) is 0 Å². The summed E-state index contributed by atoms with van der Waals surface area (Å²) in [4.78, 5) is 29.8. The van der Waals surface area contributed by atoms with Gasteiger partial charge in [-0.25, -0.2) is 8.42 Å². The van der Waals surface area contributed by atoms with Crippen LogP contribution in [0.15, 0.2) is 83.3 Å². The van der Waals surface area contributed by atoms with E-state index in [0.29, 0.717) is 16.6 Å². The first-order valence-corrected chi connectivity index (χ1v) is 16.7. The third-order valence-corrected chi connectivity index (χ3v) is 9.26. The summed E-state index contributed by atoms with van der Waals surface area (Å²) in [6.07, 6.45) is 6.52. The number of nitrogens with zero attached hydrogens (tertiary/aromatic N) is 2. The molecular weight excluding hydrogens is 602 g/mol. The number of para-hydroxylation sites is 1. The number of halogens is 1. The number of benzene rings is 3. The standard InChI is InChI=1S/C32H38BrN3O4S/c1-24-12-11-15-26(20-24)22-35(31(37)23-36(41(2,39)40)29-19-10-9-18-28(29)33)30(21-25-13-5-3-6-14-25)32(38)34-27-16-7-4-8-17-27/h3,5-6,9-15,18-20,27,30H,4,7-8,16-17,21-23H2,1-2H3,(H,34,38)/t30-/m1/s1. The number of nitrogens with one attached hydrogen (secondary N) is 1. The van der Waals surface area contributed by atoms with E-state index >= 15 is 0 Å². The van der Waals surface area contributed by atoms with Crippen molar-refractivity contribution in [2.45, 2.75) is 64.1 Å². The summed E-state index contributed by atoms with van der Waals surface area (Å²) in [5.74, 6) is -0.666. The van der Waals surface area contributed by atoms with Crippen LogP contribution in [-0.4, -0.2) is 50.0 Å². The van der Waals surface area contributed by atoms with Crippen LogP contribution in [-0.2, 0) is 32.6 Å². The molecule has 1 N–H and O–H groups in total. The highest BCUT2D eigenvalue weighted by Crippen LogP contribution is 2.28. The monoisotopic (exact) mass is 639 g/mol. The van der Waals surface area contributed by atoms with Crippen molar-refractivity contribution < 1.29 is 18.0 Å². The van der Waals surface area contributed by atoms with Crippen molar-refractivity contribution in [1.29, 1.82) is 0 Å². The van der Waals surface area contributed by atoms with Crippen molar-refractivity contribution in [2.75, 3.05) is 17.1 Å². The fraction of sp³-hybridized carbons (Fsp3) is 0.375. The van der Waals surface area contributed by atoms with E-state index < -0.39 is 28.5 Å². The van der Waals surface area contributed by atoms with Gasteiger partial charge in [0.15, 0.2) is 0 Å². The van der Waals surface area contributed by atoms with E-state index in [4.69, 9.17) is 0 Å². The number of rotatable bonds is 11. The van der Waals surface area contributed by atoms with Gasteiger partial charge in [-0.2, -0.15) is 0 Å². The second-order valence-corrected chi connectivity index (χ2v) is 13.5. The van der Waals surface area contributed by atoms with Gasteiger partial charge in [0.1, 0.15) is 12.6 Å². The average molecular weight is 641 g/mol. The molecule has 0 bridgehead atoms. The summed E-state index contributed by atoms with van der Waals surface area (Å²) in [6.45, 7) is 1.71. The minimum absolute atomic E-state index is 0.0678. The molecule has 0 heterocycles. The maximum Gasteiger partial charge on any atom is 0.244 e. The lowest BCUT2D eigenvalue weighted by atomic mass is 9.94. The SMILES string of the molecule is Cc1cccc(CN(C(=O)CN(c2ccccc2Br)S(C)(=O)=O)[C@H](Cc2ccccc2)C(=O)NC2CCCCC2)c1. The van der Waals surface area contributed by atoms with Crippen LogP contribution in [0.4, 0.5) is 5.69 Å². The van der Waals surface area contributed by atoms with Gasteiger partial charge in [-0.05, 0) is 59.0 Å². The molecule has 0 aromatic heterocycles. The van der Waals surface area contributed by atoms with Crippen molar-refractivity contribution in [3.63, 3.8) is 0 Å². The highest BCUT2D eigenvalue weighted by Gasteiger charge is 2.34. The summed E-state index contributed by atoms with van der Waals surface area (Å²) < 4.78 is 27.6. The molecule has 7 nitrogen and oxygen atoms in total. The van der Waals surface area contributed by atoms with Gasteiger partial charge in [0.05, 0.1) is 11.9 Å². The zero-order valence-electron chi connectivity index (χ0n) is 23.6. The van der Waals surface area contributed by atoms with Gasteiger partial charge in [0.25, 0.3) is 0 Å². The first kappa shape index (κ1) is 30.8. The number of carbonyl (C=O) groups is 2. The molecule has 3 aromatic rings. The molecular formula is C32H38BrN3O4S. The molecule has 9 heteroatoms. The highest BCUT2D eigenvalue weighted by molar-refractivity contribution is 9.10. The summed E-state index contributed by atoms with van der Waals surface area (Å²) in [6, 6.07) is 23.6. The first-order valence-electron chi connectivity index (χ1n) is 14.0. The topological polar surface area (TPSA) is 86.8 Å². The summed E-state index contributed by atoms with van der Waals surface area (Å²) >= 11 is 3.43. The fourth-order valence-corrected chi connectivity index (χ4v) is 6.83. The molecule has 218 valence electrons. The van der Waals surface area contributed by atoms with Crippen LogP contribution in [0.2, 0.25) is 0 Å². The summed E-state index contributed by atoms with van der Waals surface area (Å²) in [5.41, 5.74) is 3.19. The van der Waals surface area contributed by atoms with Crippen LogP contribution in [0, 0.1) is 6.92 Å². The third-order valence-electron chi connectivity index (χ3n) is 7.46. The van der Waals surface area contributed by atoms with Gasteiger partial charge in [-0.1, -0.05) is 91.6 Å². The molecule has 0 unspecified atom stereocenters. The predicted molar refractivity (Wildman–Crippen MR) is 167 cm³/mol. The van der Waals surface area contributed by atoms with Crippen LogP contribution in [0.3, 0.4) is 0 Å². The molecule has 4 rings (SSSR count). The van der Waals surface area contributed by atoms with Crippen LogP contribution in [0.5, 0.6) is 0 Å². The molecule has 1 aliphatic carbocycles. The number of hydrogen-bond donors (Lipinski definition) is 1. The maximum absolute atomic E-state index is 14.2. The minimum atomic E-state index is -3.82. The molecule has 1 atom stereocenters. The summed E-state index contributed by atoms with van der Waals surface area (Å²) in [7, 11) is -3.82. The van der Waals surface area contributed by atoms with Gasteiger partial charge < -0.3 is 10.2 Å². The first-order chi connectivity index (χ1) is 19.6. The molecule has 0 saturated heterocycles. The van der Waals surface area contributed by atoms with E-state index in [1.165, 1.54) is 0 Å². The number of amides is 2. The lowest BCUT2D eigenvalue weighted by Crippen LogP contribution is -2.55. The van der Waals surface area contributed by atoms with E-state index in [2.05, 4.69) is 21.2 Å². The van der Waals surface area contributed by atoms with Crippen molar-refractivity contribution in [2.24, 2.45) is 0 Å². The third kappa shape index (κ3) is 8.66. The Morgan fingerprint density at radius 2 is 1.59 bits per heavy atom. The Morgan fingerprint density at radius 1 is 0.927 bits per heavy atom. The Morgan fingerprint density at radius 3 is 2.24 bits per heavy atom. The fourth-order valence-electron chi connectivity index (χ4n) is 5.35. The average Bonchev–Trinajstić information content (AvgIpc) is 2.94. The van der Waals surface area contributed by atoms with Crippen molar-refractivity contribution in [3.8, 4) is 0 Å². The highest BCUT2D eigenvalue weighted by atomic mass is 79.9. The smallest absolute Gasteiger partial charge is 0.244 e. The molecule has 0 spiro atoms. The Balaban J connectivity index is 1.73. The summed E-state index contributed by atoms with van der Waals surface area (Å²) in [5, 5.41) is 3.22. The van der Waals surface area contributed by atoms with Crippen LogP contribution < -0.4 is 9.62 Å². The van der Waals surface area contributed by atoms with Gasteiger partial charge in [-0.3, -0.25) is 13.9 Å². The molecule has 0 radical (unpaired) electrons.